The molecule has 3 aromatic rings. The Hall–Kier alpha value is -3.16. The number of halogens is 2. The largest absolute Gasteiger partial charge is 0.486 e. The molecule has 0 aliphatic carbocycles. The maximum atomic E-state index is 13.7. The highest BCUT2D eigenvalue weighted by molar-refractivity contribution is 6.32. The summed E-state index contributed by atoms with van der Waals surface area (Å²) < 4.78 is 19.4. The Labute approximate surface area is 166 Å². The second-order valence-corrected chi connectivity index (χ2v) is 6.66. The smallest absolute Gasteiger partial charge is 0.148 e. The number of pyridine rings is 1. The Kier molecular flexibility index (Phi) is 4.85. The lowest BCUT2D eigenvalue weighted by atomic mass is 10.1. The summed E-state index contributed by atoms with van der Waals surface area (Å²) in [7, 11) is 0. The molecule has 8 heteroatoms. The summed E-state index contributed by atoms with van der Waals surface area (Å²) in [6.45, 7) is 0.308. The van der Waals surface area contributed by atoms with E-state index in [-0.39, 0.29) is 5.69 Å². The molecular formula is C20H17ClFN5O. The van der Waals surface area contributed by atoms with Crippen LogP contribution in [-0.4, -0.2) is 11.3 Å². The number of aromatic nitrogens is 1. The minimum absolute atomic E-state index is 0.0301. The predicted molar refractivity (Wildman–Crippen MR) is 108 cm³/mol. The number of aliphatic imine (C=N–C) groups is 1. The first-order valence-corrected chi connectivity index (χ1v) is 8.90. The zero-order valence-electron chi connectivity index (χ0n) is 14.7. The van der Waals surface area contributed by atoms with Crippen LogP contribution in [0.4, 0.5) is 21.5 Å². The number of hydrogen-bond acceptors (Lipinski definition) is 6. The van der Waals surface area contributed by atoms with Crippen molar-refractivity contribution in [3.05, 3.63) is 76.8 Å². The first-order chi connectivity index (χ1) is 13.5. The fourth-order valence-corrected chi connectivity index (χ4v) is 3.15. The molecule has 2 heterocycles. The van der Waals surface area contributed by atoms with Gasteiger partial charge in [0.05, 0.1) is 28.4 Å². The highest BCUT2D eigenvalue weighted by Crippen LogP contribution is 2.37. The van der Waals surface area contributed by atoms with E-state index < -0.39 is 12.0 Å². The summed E-state index contributed by atoms with van der Waals surface area (Å²) in [5.41, 5.74) is 14.7. The Morgan fingerprint density at radius 2 is 2.04 bits per heavy atom. The lowest BCUT2D eigenvalue weighted by molar-refractivity contribution is 0.301. The molecule has 0 saturated carbocycles. The number of fused-ring (bicyclic) bond motifs is 1. The van der Waals surface area contributed by atoms with E-state index in [2.05, 4.69) is 9.98 Å². The van der Waals surface area contributed by atoms with Gasteiger partial charge in [0.25, 0.3) is 0 Å². The molecule has 4 N–H and O–H groups in total. The van der Waals surface area contributed by atoms with E-state index in [0.717, 1.165) is 11.4 Å². The van der Waals surface area contributed by atoms with Gasteiger partial charge in [-0.3, -0.25) is 4.98 Å². The standard InChI is InChI=1S/C20H17ClFN5O/c21-15-7-13(4-5-19(15)28-10-12-3-1-2-6-25-12)27-11-26-18-9-16(22)17(23)8-14(18)20(27)24/h1-9,11,20H,10,23-24H2. The normalized spacial score (nSPS) is 15.4. The topological polar surface area (TPSA) is 89.8 Å². The molecule has 1 aliphatic heterocycles. The van der Waals surface area contributed by atoms with Gasteiger partial charge in [0.2, 0.25) is 0 Å². The van der Waals surface area contributed by atoms with Crippen molar-refractivity contribution in [2.24, 2.45) is 10.7 Å². The number of benzene rings is 2. The highest BCUT2D eigenvalue weighted by Gasteiger charge is 2.24. The Balaban J connectivity index is 1.55. The van der Waals surface area contributed by atoms with Crippen LogP contribution in [0.3, 0.4) is 0 Å². The third-order valence-corrected chi connectivity index (χ3v) is 4.70. The number of hydrogen-bond donors (Lipinski definition) is 2. The van der Waals surface area contributed by atoms with E-state index >= 15 is 0 Å². The zero-order chi connectivity index (χ0) is 19.7. The van der Waals surface area contributed by atoms with Crippen molar-refractivity contribution in [3.8, 4) is 5.75 Å². The lowest BCUT2D eigenvalue weighted by Gasteiger charge is -2.31. The second-order valence-electron chi connectivity index (χ2n) is 6.25. The van der Waals surface area contributed by atoms with Crippen molar-refractivity contribution in [3.63, 3.8) is 0 Å². The van der Waals surface area contributed by atoms with Crippen LogP contribution in [-0.2, 0) is 6.61 Å². The third kappa shape index (κ3) is 3.49. The van der Waals surface area contributed by atoms with Crippen LogP contribution in [0.1, 0.15) is 17.4 Å². The van der Waals surface area contributed by atoms with Gasteiger partial charge in [-0.1, -0.05) is 17.7 Å². The van der Waals surface area contributed by atoms with E-state index in [1.807, 2.05) is 24.3 Å². The highest BCUT2D eigenvalue weighted by atomic mass is 35.5. The molecule has 2 aromatic carbocycles. The Morgan fingerprint density at radius 1 is 1.18 bits per heavy atom. The molecule has 1 atom stereocenters. The van der Waals surface area contributed by atoms with Gasteiger partial charge in [-0.2, -0.15) is 0 Å². The minimum atomic E-state index is -0.577. The van der Waals surface area contributed by atoms with Crippen LogP contribution in [0.15, 0.2) is 59.7 Å². The molecule has 1 unspecified atom stereocenters. The molecular weight excluding hydrogens is 381 g/mol. The zero-order valence-corrected chi connectivity index (χ0v) is 15.5. The van der Waals surface area contributed by atoms with Crippen molar-refractivity contribution >= 4 is 35.0 Å². The SMILES string of the molecule is Nc1cc2c(cc1F)N=CN(c1ccc(OCc3ccccn3)c(Cl)c1)C2N. The van der Waals surface area contributed by atoms with E-state index in [0.29, 0.717) is 28.6 Å². The summed E-state index contributed by atoms with van der Waals surface area (Å²) in [4.78, 5) is 10.2. The van der Waals surface area contributed by atoms with Crippen molar-refractivity contribution in [1.29, 1.82) is 0 Å². The first-order valence-electron chi connectivity index (χ1n) is 8.52. The fraction of sp³-hybridized carbons (Fsp3) is 0.100. The van der Waals surface area contributed by atoms with Gasteiger partial charge in [0.1, 0.15) is 24.3 Å². The van der Waals surface area contributed by atoms with E-state index in [4.69, 9.17) is 27.8 Å². The summed E-state index contributed by atoms with van der Waals surface area (Å²) in [6.07, 6.45) is 2.67. The average molecular weight is 398 g/mol. The van der Waals surface area contributed by atoms with Crippen LogP contribution in [0.25, 0.3) is 0 Å². The van der Waals surface area contributed by atoms with Gasteiger partial charge in [-0.15, -0.1) is 0 Å². The minimum Gasteiger partial charge on any atom is -0.486 e. The third-order valence-electron chi connectivity index (χ3n) is 4.40. The van der Waals surface area contributed by atoms with Crippen molar-refractivity contribution in [2.75, 3.05) is 10.6 Å². The predicted octanol–water partition coefficient (Wildman–Crippen LogP) is 4.17. The van der Waals surface area contributed by atoms with E-state index in [9.17, 15) is 4.39 Å². The molecule has 0 fully saturated rings. The van der Waals surface area contributed by atoms with Gasteiger partial charge in [0.15, 0.2) is 0 Å². The van der Waals surface area contributed by atoms with Crippen LogP contribution in [0, 0.1) is 5.82 Å². The molecule has 142 valence electrons. The molecule has 1 aliphatic rings. The van der Waals surface area contributed by atoms with Crippen molar-refractivity contribution < 1.29 is 9.13 Å². The summed E-state index contributed by atoms with van der Waals surface area (Å²) >= 11 is 6.38. The van der Waals surface area contributed by atoms with E-state index in [1.54, 1.807) is 29.6 Å². The van der Waals surface area contributed by atoms with E-state index in [1.165, 1.54) is 12.1 Å². The maximum absolute atomic E-state index is 13.7. The molecule has 0 saturated heterocycles. The molecule has 28 heavy (non-hydrogen) atoms. The number of nitrogens with zero attached hydrogens (tertiary/aromatic N) is 3. The first kappa shape index (κ1) is 18.2. The summed E-state index contributed by atoms with van der Waals surface area (Å²) in [6, 6.07) is 13.7. The molecule has 1 aromatic heterocycles. The number of nitrogens with two attached hydrogens (primary N) is 2. The fourth-order valence-electron chi connectivity index (χ4n) is 2.92. The van der Waals surface area contributed by atoms with Gasteiger partial charge in [0, 0.05) is 23.5 Å². The number of rotatable bonds is 4. The molecule has 4 rings (SSSR count). The number of nitrogen functional groups attached to an aromatic ring is 1. The molecule has 6 nitrogen and oxygen atoms in total. The number of anilines is 2. The van der Waals surface area contributed by atoms with Gasteiger partial charge >= 0.3 is 0 Å². The summed E-state index contributed by atoms with van der Waals surface area (Å²) in [5.74, 6) is 0.0132. The van der Waals surface area contributed by atoms with Crippen molar-refractivity contribution in [2.45, 2.75) is 12.8 Å². The van der Waals surface area contributed by atoms with Gasteiger partial charge in [-0.05, 0) is 36.4 Å². The van der Waals surface area contributed by atoms with Crippen LogP contribution < -0.4 is 21.1 Å². The van der Waals surface area contributed by atoms with Crippen LogP contribution >= 0.6 is 11.6 Å². The Morgan fingerprint density at radius 3 is 2.79 bits per heavy atom. The van der Waals surface area contributed by atoms with Gasteiger partial charge < -0.3 is 21.1 Å². The summed E-state index contributed by atoms with van der Waals surface area (Å²) in [5, 5.41) is 0.429. The van der Waals surface area contributed by atoms with Gasteiger partial charge in [-0.25, -0.2) is 9.38 Å². The quantitative estimate of drug-likeness (QED) is 0.645. The van der Waals surface area contributed by atoms with Crippen LogP contribution in [0.5, 0.6) is 5.75 Å². The van der Waals surface area contributed by atoms with Crippen molar-refractivity contribution in [1.82, 2.24) is 4.98 Å². The molecule has 0 amide bonds. The molecule has 0 spiro atoms. The molecule has 0 radical (unpaired) electrons. The Bertz CT molecular complexity index is 1040. The molecule has 0 bridgehead atoms. The lowest BCUT2D eigenvalue weighted by Crippen LogP contribution is -2.35. The average Bonchev–Trinajstić information content (AvgIpc) is 2.70. The second kappa shape index (κ2) is 7.46. The maximum Gasteiger partial charge on any atom is 0.148 e. The number of ether oxygens (including phenoxy) is 1. The van der Waals surface area contributed by atoms with Crippen LogP contribution in [0.2, 0.25) is 5.02 Å². The monoisotopic (exact) mass is 397 g/mol.